The molecule has 6 nitrogen and oxygen atoms in total. The molecule has 0 spiro atoms. The first-order valence-electron chi connectivity index (χ1n) is 12.2. The van der Waals surface area contributed by atoms with Gasteiger partial charge in [0, 0.05) is 34.5 Å². The highest BCUT2D eigenvalue weighted by Crippen LogP contribution is 2.35. The van der Waals surface area contributed by atoms with Crippen LogP contribution >= 0.6 is 0 Å². The lowest BCUT2D eigenvalue weighted by Gasteiger charge is -2.30. The lowest BCUT2D eigenvalue weighted by atomic mass is 10.1. The normalized spacial score (nSPS) is 16.3. The molecule has 2 amide bonds. The maximum atomic E-state index is 12.9. The van der Waals surface area contributed by atoms with Crippen molar-refractivity contribution in [2.24, 2.45) is 0 Å². The van der Waals surface area contributed by atoms with Crippen molar-refractivity contribution in [2.45, 2.75) is 65.7 Å². The number of carbonyl (C=O) groups excluding carboxylic acids is 2. The van der Waals surface area contributed by atoms with E-state index < -0.39 is 0 Å². The van der Waals surface area contributed by atoms with E-state index in [9.17, 15) is 9.59 Å². The van der Waals surface area contributed by atoms with Gasteiger partial charge in [0.25, 0.3) is 11.8 Å². The molecule has 0 radical (unpaired) electrons. The quantitative estimate of drug-likeness (QED) is 0.511. The number of rotatable bonds is 11. The maximum absolute atomic E-state index is 12.9. The molecule has 1 aliphatic rings. The molecule has 178 valence electrons. The van der Waals surface area contributed by atoms with Crippen LogP contribution in [0, 0.1) is 0 Å². The largest absolute Gasteiger partial charge is 0.361 e. The lowest BCUT2D eigenvalue weighted by molar-refractivity contribution is 0.0685. The fraction of sp³-hybridized carbons (Fsp3) is 0.481. The molecule has 2 aromatic carbocycles. The van der Waals surface area contributed by atoms with Gasteiger partial charge >= 0.3 is 0 Å². The van der Waals surface area contributed by atoms with Gasteiger partial charge < -0.3 is 20.4 Å². The fourth-order valence-electron chi connectivity index (χ4n) is 4.43. The van der Waals surface area contributed by atoms with Gasteiger partial charge in [-0.3, -0.25) is 9.59 Å². The number of hydrogen-bond donors (Lipinski definition) is 2. The number of benzene rings is 2. The topological polar surface area (TPSA) is 64.7 Å². The third-order valence-corrected chi connectivity index (χ3v) is 6.39. The maximum Gasteiger partial charge on any atom is 0.256 e. The Bertz CT molecular complexity index is 937. The highest BCUT2D eigenvalue weighted by molar-refractivity contribution is 5.99. The summed E-state index contributed by atoms with van der Waals surface area (Å²) < 4.78 is 0. The van der Waals surface area contributed by atoms with E-state index >= 15 is 0 Å². The van der Waals surface area contributed by atoms with Gasteiger partial charge in [0.1, 0.15) is 6.17 Å². The molecule has 0 fully saturated rings. The number of nitrogens with zero attached hydrogens (tertiary/aromatic N) is 2. The van der Waals surface area contributed by atoms with Crippen LogP contribution in [0.2, 0.25) is 0 Å². The van der Waals surface area contributed by atoms with Crippen molar-refractivity contribution in [1.82, 2.24) is 15.1 Å². The van der Waals surface area contributed by atoms with E-state index in [4.69, 9.17) is 0 Å². The molecule has 2 unspecified atom stereocenters. The molecule has 0 saturated heterocycles. The average Bonchev–Trinajstić information content (AvgIpc) is 3.09. The monoisotopic (exact) mass is 450 g/mol. The van der Waals surface area contributed by atoms with Crippen molar-refractivity contribution in [2.75, 3.05) is 25.0 Å². The fourth-order valence-corrected chi connectivity index (χ4v) is 4.43. The summed E-state index contributed by atoms with van der Waals surface area (Å²) in [4.78, 5) is 29.8. The summed E-state index contributed by atoms with van der Waals surface area (Å²) in [6, 6.07) is 15.4. The van der Waals surface area contributed by atoms with Crippen LogP contribution in [0.1, 0.15) is 79.9 Å². The zero-order valence-corrected chi connectivity index (χ0v) is 20.6. The Kier molecular flexibility index (Phi) is 8.50. The Balaban J connectivity index is 1.60. The van der Waals surface area contributed by atoms with Crippen molar-refractivity contribution >= 4 is 17.5 Å². The smallest absolute Gasteiger partial charge is 0.256 e. The summed E-state index contributed by atoms with van der Waals surface area (Å²) in [7, 11) is 0. The van der Waals surface area contributed by atoms with Gasteiger partial charge in [0.15, 0.2) is 0 Å². The molecule has 2 atom stereocenters. The number of hydrogen-bond acceptors (Lipinski definition) is 4. The Morgan fingerprint density at radius 3 is 2.33 bits per heavy atom. The highest BCUT2D eigenvalue weighted by atomic mass is 16.2. The van der Waals surface area contributed by atoms with Crippen LogP contribution in [0.4, 0.5) is 5.69 Å². The molecular weight excluding hydrogens is 412 g/mol. The number of nitrogens with one attached hydrogen (secondary N) is 2. The molecule has 1 aliphatic heterocycles. The van der Waals surface area contributed by atoms with Gasteiger partial charge in [0.2, 0.25) is 0 Å². The van der Waals surface area contributed by atoms with Gasteiger partial charge in [-0.25, -0.2) is 0 Å². The van der Waals surface area contributed by atoms with Crippen LogP contribution in [0.5, 0.6) is 0 Å². The van der Waals surface area contributed by atoms with Crippen molar-refractivity contribution in [3.05, 3.63) is 65.2 Å². The van der Waals surface area contributed by atoms with Gasteiger partial charge in [-0.1, -0.05) is 32.0 Å². The zero-order chi connectivity index (χ0) is 24.0. The molecule has 0 bridgehead atoms. The Labute approximate surface area is 198 Å². The summed E-state index contributed by atoms with van der Waals surface area (Å²) >= 11 is 0. The second-order valence-electron chi connectivity index (χ2n) is 9.06. The van der Waals surface area contributed by atoms with E-state index in [1.54, 1.807) is 0 Å². The van der Waals surface area contributed by atoms with E-state index in [-0.39, 0.29) is 30.1 Å². The van der Waals surface area contributed by atoms with Crippen molar-refractivity contribution in [3.63, 3.8) is 0 Å². The number of fused-ring (bicyclic) bond motifs is 1. The first kappa shape index (κ1) is 24.8. The van der Waals surface area contributed by atoms with Crippen molar-refractivity contribution in [3.8, 4) is 0 Å². The molecule has 3 rings (SSSR count). The predicted octanol–water partition coefficient (Wildman–Crippen LogP) is 4.90. The Hall–Kier alpha value is -2.86. The van der Waals surface area contributed by atoms with Crippen molar-refractivity contribution < 1.29 is 9.59 Å². The van der Waals surface area contributed by atoms with E-state index in [0.717, 1.165) is 49.3 Å². The minimum atomic E-state index is -0.223. The Morgan fingerprint density at radius 1 is 1.03 bits per heavy atom. The van der Waals surface area contributed by atoms with Crippen LogP contribution in [0.25, 0.3) is 0 Å². The lowest BCUT2D eigenvalue weighted by Crippen LogP contribution is -2.37. The van der Waals surface area contributed by atoms with Crippen LogP contribution in [0.3, 0.4) is 0 Å². The van der Waals surface area contributed by atoms with E-state index in [0.29, 0.717) is 5.56 Å². The first-order chi connectivity index (χ1) is 15.8. The highest BCUT2D eigenvalue weighted by Gasteiger charge is 2.37. The number of anilines is 1. The van der Waals surface area contributed by atoms with E-state index in [2.05, 4.69) is 36.3 Å². The predicted molar refractivity (Wildman–Crippen MR) is 135 cm³/mol. The number of carbonyl (C=O) groups is 2. The molecule has 0 aliphatic carbocycles. The molecule has 2 aromatic rings. The van der Waals surface area contributed by atoms with Crippen LogP contribution in [-0.4, -0.2) is 53.3 Å². The minimum absolute atomic E-state index is 0.0454. The summed E-state index contributed by atoms with van der Waals surface area (Å²) in [5, 5.41) is 6.59. The van der Waals surface area contributed by atoms with Gasteiger partial charge in [0.05, 0.1) is 0 Å². The van der Waals surface area contributed by atoms with E-state index in [1.807, 2.05) is 67.3 Å². The molecule has 33 heavy (non-hydrogen) atoms. The zero-order valence-electron chi connectivity index (χ0n) is 20.6. The molecule has 0 aromatic heterocycles. The average molecular weight is 451 g/mol. The van der Waals surface area contributed by atoms with Crippen LogP contribution in [-0.2, 0) is 0 Å². The first-order valence-corrected chi connectivity index (χ1v) is 12.2. The molecule has 1 heterocycles. The van der Waals surface area contributed by atoms with Gasteiger partial charge in [-0.05, 0) is 83.6 Å². The van der Waals surface area contributed by atoms with Gasteiger partial charge in [-0.15, -0.1) is 0 Å². The van der Waals surface area contributed by atoms with E-state index in [1.165, 1.54) is 0 Å². The third-order valence-electron chi connectivity index (χ3n) is 6.39. The van der Waals surface area contributed by atoms with Gasteiger partial charge in [-0.2, -0.15) is 0 Å². The van der Waals surface area contributed by atoms with Crippen molar-refractivity contribution in [1.29, 1.82) is 0 Å². The molecule has 6 heteroatoms. The molecule has 2 N–H and O–H groups in total. The second-order valence-corrected chi connectivity index (χ2v) is 9.06. The molecule has 0 saturated carbocycles. The standard InChI is InChI=1S/C27H38N4O2/c1-6-30(7-2)18-10-11-20(5)28-26(32)21-14-16-22(17-15-21)29-25-23-12-8-9-13-24(23)27(33)31(25)19(3)4/h8-9,12-17,19-20,25,29H,6-7,10-11,18H2,1-5H3,(H,28,32). The number of amides is 2. The SMILES string of the molecule is CCN(CC)CCCC(C)NC(=O)c1ccc(NC2c3ccccc3C(=O)N2C(C)C)cc1. The molecular formula is C27H38N4O2. The summed E-state index contributed by atoms with van der Waals surface area (Å²) in [6.07, 6.45) is 1.81. The second kappa shape index (κ2) is 11.3. The third kappa shape index (κ3) is 5.93. The van der Waals surface area contributed by atoms with Crippen LogP contribution in [0.15, 0.2) is 48.5 Å². The Morgan fingerprint density at radius 2 is 1.70 bits per heavy atom. The summed E-state index contributed by atoms with van der Waals surface area (Å²) in [5.41, 5.74) is 3.24. The van der Waals surface area contributed by atoms with Crippen LogP contribution < -0.4 is 10.6 Å². The summed E-state index contributed by atoms with van der Waals surface area (Å²) in [5.74, 6) is -0.00818. The minimum Gasteiger partial charge on any atom is -0.361 e. The summed E-state index contributed by atoms with van der Waals surface area (Å²) in [6.45, 7) is 13.7.